The highest BCUT2D eigenvalue weighted by molar-refractivity contribution is 7.98. The highest BCUT2D eigenvalue weighted by atomic mass is 32.2. The van der Waals surface area contributed by atoms with E-state index in [4.69, 9.17) is 0 Å². The third-order valence-electron chi connectivity index (χ3n) is 4.53. The van der Waals surface area contributed by atoms with Gasteiger partial charge in [0.2, 0.25) is 0 Å². The maximum Gasteiger partial charge on any atom is 0.331 e. The van der Waals surface area contributed by atoms with E-state index in [0.717, 1.165) is 39.2 Å². The minimum absolute atomic E-state index is 0.441. The van der Waals surface area contributed by atoms with Gasteiger partial charge in [0.25, 0.3) is 5.91 Å². The second kappa shape index (κ2) is 8.38. The fourth-order valence-electron chi connectivity index (χ4n) is 2.96. The van der Waals surface area contributed by atoms with Crippen LogP contribution < -0.4 is 10.0 Å². The quantitative estimate of drug-likeness (QED) is 0.486. The zero-order chi connectivity index (χ0) is 21.1. The van der Waals surface area contributed by atoms with Gasteiger partial charge in [0.15, 0.2) is 0 Å². The van der Waals surface area contributed by atoms with Crippen molar-refractivity contribution in [2.75, 3.05) is 0 Å². The number of amides is 3. The number of fused-ring (bicyclic) bond motifs is 1. The van der Waals surface area contributed by atoms with Gasteiger partial charge >= 0.3 is 6.03 Å². The molecule has 8 heteroatoms. The Morgan fingerprint density at radius 3 is 2.27 bits per heavy atom. The van der Waals surface area contributed by atoms with E-state index in [1.165, 1.54) is 0 Å². The van der Waals surface area contributed by atoms with Crippen LogP contribution in [0, 0.1) is 13.8 Å². The number of hydrogen-bond acceptors (Lipinski definition) is 5. The molecule has 0 bridgehead atoms. The van der Waals surface area contributed by atoms with E-state index in [-0.39, 0.29) is 0 Å². The molecule has 4 aromatic rings. The Labute approximate surface area is 177 Å². The molecule has 3 aromatic carbocycles. The molecule has 1 heterocycles. The van der Waals surface area contributed by atoms with Crippen LogP contribution in [0.4, 0.5) is 4.79 Å². The molecular weight excluding hydrogens is 398 g/mol. The maximum absolute atomic E-state index is 12.3. The molecule has 7 nitrogen and oxygen atoms in total. The van der Waals surface area contributed by atoms with Crippen molar-refractivity contribution in [3.8, 4) is 5.69 Å². The van der Waals surface area contributed by atoms with Crippen LogP contribution in [0.5, 0.6) is 0 Å². The predicted octanol–water partition coefficient (Wildman–Crippen LogP) is 4.18. The summed E-state index contributed by atoms with van der Waals surface area (Å²) in [5, 5.41) is 11.4. The molecule has 4 rings (SSSR count). The fraction of sp³-hybridized carbons (Fsp3) is 0.0909. The summed E-state index contributed by atoms with van der Waals surface area (Å²) < 4.78 is 2.65. The van der Waals surface area contributed by atoms with E-state index in [1.54, 1.807) is 16.9 Å². The first-order chi connectivity index (χ1) is 14.5. The van der Waals surface area contributed by atoms with Crippen LogP contribution in [0.2, 0.25) is 0 Å². The third kappa shape index (κ3) is 4.18. The van der Waals surface area contributed by atoms with Crippen molar-refractivity contribution in [3.05, 3.63) is 83.4 Å². The molecule has 0 aliphatic heterocycles. The largest absolute Gasteiger partial charge is 0.331 e. The summed E-state index contributed by atoms with van der Waals surface area (Å²) in [5.41, 5.74) is 4.56. The number of nitrogens with one attached hydrogen (secondary N) is 2. The zero-order valence-electron chi connectivity index (χ0n) is 16.4. The lowest BCUT2D eigenvalue weighted by molar-refractivity contribution is 0.0965. The molecule has 0 saturated carbocycles. The van der Waals surface area contributed by atoms with Crippen molar-refractivity contribution in [3.63, 3.8) is 0 Å². The number of aromatic nitrogens is 3. The lowest BCUT2D eigenvalue weighted by Crippen LogP contribution is -2.36. The van der Waals surface area contributed by atoms with Crippen molar-refractivity contribution < 1.29 is 9.59 Å². The number of hydrogen-bond donors (Lipinski definition) is 2. The predicted molar refractivity (Wildman–Crippen MR) is 117 cm³/mol. The van der Waals surface area contributed by atoms with Crippen LogP contribution in [-0.2, 0) is 0 Å². The van der Waals surface area contributed by atoms with E-state index in [9.17, 15) is 9.59 Å². The van der Waals surface area contributed by atoms with Gasteiger partial charge in [-0.05, 0) is 67.3 Å². The molecule has 0 radical (unpaired) electrons. The van der Waals surface area contributed by atoms with Gasteiger partial charge in [0.1, 0.15) is 11.0 Å². The first kappa shape index (κ1) is 19.7. The summed E-state index contributed by atoms with van der Waals surface area (Å²) in [4.78, 5) is 26.8. The monoisotopic (exact) mass is 417 g/mol. The molecule has 3 amide bonds. The molecule has 0 unspecified atom stereocenters. The van der Waals surface area contributed by atoms with Crippen LogP contribution in [-0.4, -0.2) is 26.9 Å². The second-order valence-electron chi connectivity index (χ2n) is 6.73. The third-order valence-corrected chi connectivity index (χ3v) is 5.48. The van der Waals surface area contributed by atoms with Gasteiger partial charge in [-0.2, -0.15) is 4.80 Å². The Hall–Kier alpha value is -3.65. The summed E-state index contributed by atoms with van der Waals surface area (Å²) >= 11 is 1.13. The Morgan fingerprint density at radius 2 is 1.53 bits per heavy atom. The normalized spacial score (nSPS) is 10.7. The molecule has 0 aliphatic carbocycles. The summed E-state index contributed by atoms with van der Waals surface area (Å²) in [6, 6.07) is 20.0. The fourth-order valence-corrected chi connectivity index (χ4v) is 3.60. The molecule has 30 heavy (non-hydrogen) atoms. The van der Waals surface area contributed by atoms with Crippen molar-refractivity contribution >= 4 is 34.9 Å². The van der Waals surface area contributed by atoms with Crippen molar-refractivity contribution in [1.29, 1.82) is 0 Å². The van der Waals surface area contributed by atoms with E-state index in [1.807, 2.05) is 68.4 Å². The lowest BCUT2D eigenvalue weighted by atomic mass is 10.1. The van der Waals surface area contributed by atoms with E-state index >= 15 is 0 Å². The van der Waals surface area contributed by atoms with Crippen molar-refractivity contribution in [2.24, 2.45) is 0 Å². The molecule has 0 atom stereocenters. The first-order valence-electron chi connectivity index (χ1n) is 9.28. The minimum Gasteiger partial charge on any atom is -0.277 e. The standard InChI is InChI=1S/C22H19N5O2S/c1-14-8-6-7-11-17(14)21(28)23-22(29)26-30-20-13-19-18(12-15(20)2)24-27(25-19)16-9-4-3-5-10-16/h3-13H,1-2H3,(H2,23,26,28,29). The topological polar surface area (TPSA) is 88.9 Å². The summed E-state index contributed by atoms with van der Waals surface area (Å²) in [6.07, 6.45) is 0. The average Bonchev–Trinajstić information content (AvgIpc) is 3.15. The first-order valence-corrected chi connectivity index (χ1v) is 10.1. The Bertz CT molecular complexity index is 1240. The van der Waals surface area contributed by atoms with Crippen molar-refractivity contribution in [2.45, 2.75) is 18.7 Å². The highest BCUT2D eigenvalue weighted by Gasteiger charge is 2.14. The number of para-hydroxylation sites is 1. The maximum atomic E-state index is 12.3. The number of carbonyl (C=O) groups excluding carboxylic acids is 2. The number of imide groups is 1. The van der Waals surface area contributed by atoms with Crippen LogP contribution >= 0.6 is 11.9 Å². The van der Waals surface area contributed by atoms with Gasteiger partial charge in [-0.1, -0.05) is 36.4 Å². The Morgan fingerprint density at radius 1 is 0.867 bits per heavy atom. The van der Waals surface area contributed by atoms with Gasteiger partial charge in [-0.25, -0.2) is 4.79 Å². The van der Waals surface area contributed by atoms with Gasteiger partial charge in [-0.3, -0.25) is 14.8 Å². The van der Waals surface area contributed by atoms with Crippen LogP contribution in [0.3, 0.4) is 0 Å². The smallest absolute Gasteiger partial charge is 0.277 e. The molecular formula is C22H19N5O2S. The van der Waals surface area contributed by atoms with E-state index in [0.29, 0.717) is 11.1 Å². The average molecular weight is 417 g/mol. The molecule has 2 N–H and O–H groups in total. The van der Waals surface area contributed by atoms with Gasteiger partial charge < -0.3 is 0 Å². The highest BCUT2D eigenvalue weighted by Crippen LogP contribution is 2.25. The van der Waals surface area contributed by atoms with Crippen LogP contribution in [0.25, 0.3) is 16.7 Å². The molecule has 0 spiro atoms. The number of carbonyl (C=O) groups is 2. The van der Waals surface area contributed by atoms with Gasteiger partial charge in [0.05, 0.1) is 5.69 Å². The minimum atomic E-state index is -0.583. The van der Waals surface area contributed by atoms with Crippen LogP contribution in [0.1, 0.15) is 21.5 Å². The molecule has 0 saturated heterocycles. The van der Waals surface area contributed by atoms with Crippen molar-refractivity contribution in [1.82, 2.24) is 25.0 Å². The Balaban J connectivity index is 1.46. The number of urea groups is 1. The zero-order valence-corrected chi connectivity index (χ0v) is 17.2. The summed E-state index contributed by atoms with van der Waals surface area (Å²) in [6.45, 7) is 3.75. The van der Waals surface area contributed by atoms with Gasteiger partial charge in [-0.15, -0.1) is 10.2 Å². The molecule has 1 aromatic heterocycles. The number of benzene rings is 3. The number of aryl methyl sites for hydroxylation is 2. The number of nitrogens with zero attached hydrogens (tertiary/aromatic N) is 3. The summed E-state index contributed by atoms with van der Waals surface area (Å²) in [7, 11) is 0. The summed E-state index contributed by atoms with van der Waals surface area (Å²) in [5.74, 6) is -0.441. The van der Waals surface area contributed by atoms with E-state index < -0.39 is 11.9 Å². The van der Waals surface area contributed by atoms with Gasteiger partial charge in [0, 0.05) is 10.5 Å². The lowest BCUT2D eigenvalue weighted by Gasteiger charge is -2.09. The molecule has 150 valence electrons. The Kier molecular flexibility index (Phi) is 5.49. The van der Waals surface area contributed by atoms with E-state index in [2.05, 4.69) is 20.2 Å². The van der Waals surface area contributed by atoms with Crippen LogP contribution in [0.15, 0.2) is 71.6 Å². The molecule has 0 fully saturated rings. The molecule has 0 aliphatic rings. The second-order valence-corrected chi connectivity index (χ2v) is 7.58. The SMILES string of the molecule is Cc1cc2nn(-c3ccccc3)nc2cc1SNC(=O)NC(=O)c1ccccc1C. The number of rotatable bonds is 4.